The first-order valence-electron chi connectivity index (χ1n) is 8.02. The minimum Gasteiger partial charge on any atom is -0.369 e. The molecule has 5 atom stereocenters. The fraction of sp³-hybridized carbons (Fsp3) is 0.625. The first-order chi connectivity index (χ1) is 10.1. The molecule has 0 amide bonds. The molecule has 4 fully saturated rings. The van der Waals surface area contributed by atoms with Gasteiger partial charge in [0.1, 0.15) is 11.2 Å². The third-order valence-electron chi connectivity index (χ3n) is 7.34. The molecular formula is C16H18N4O. The summed E-state index contributed by atoms with van der Waals surface area (Å²) in [5, 5.41) is 0. The number of imidazole rings is 1. The number of nitrogens with two attached hydrogens (primary N) is 1. The van der Waals surface area contributed by atoms with E-state index in [0.717, 1.165) is 28.9 Å². The molecule has 108 valence electrons. The van der Waals surface area contributed by atoms with E-state index >= 15 is 0 Å². The molecule has 2 aromatic heterocycles. The van der Waals surface area contributed by atoms with E-state index in [1.54, 1.807) is 6.07 Å². The Bertz CT molecular complexity index is 867. The van der Waals surface area contributed by atoms with E-state index in [0.29, 0.717) is 11.4 Å². The van der Waals surface area contributed by atoms with E-state index in [2.05, 4.69) is 14.5 Å². The van der Waals surface area contributed by atoms with Gasteiger partial charge in [-0.1, -0.05) is 0 Å². The summed E-state index contributed by atoms with van der Waals surface area (Å²) < 4.78 is 2.21. The van der Waals surface area contributed by atoms with Crippen molar-refractivity contribution in [3.05, 3.63) is 22.5 Å². The Morgan fingerprint density at radius 1 is 1.24 bits per heavy atom. The van der Waals surface area contributed by atoms with Crippen molar-refractivity contribution in [2.24, 2.45) is 23.2 Å². The second-order valence-electron chi connectivity index (χ2n) is 7.78. The van der Waals surface area contributed by atoms with Gasteiger partial charge in [-0.2, -0.15) is 0 Å². The summed E-state index contributed by atoms with van der Waals surface area (Å²) in [5.41, 5.74) is 8.50. The summed E-state index contributed by atoms with van der Waals surface area (Å²) >= 11 is 0. The normalized spacial score (nSPS) is 45.4. The van der Waals surface area contributed by atoms with Gasteiger partial charge in [0.05, 0.1) is 5.54 Å². The van der Waals surface area contributed by atoms with E-state index in [1.165, 1.54) is 38.2 Å². The van der Waals surface area contributed by atoms with Crippen molar-refractivity contribution < 1.29 is 0 Å². The lowest BCUT2D eigenvalue weighted by atomic mass is 9.35. The van der Waals surface area contributed by atoms with Gasteiger partial charge in [0.2, 0.25) is 11.5 Å². The Kier molecular flexibility index (Phi) is 1.50. The average molecular weight is 282 g/mol. The summed E-state index contributed by atoms with van der Waals surface area (Å²) in [6.07, 6.45) is 6.67. The summed E-state index contributed by atoms with van der Waals surface area (Å²) in [4.78, 5) is 19.2. The molecule has 0 radical (unpaired) electrons. The maximum atomic E-state index is 11.8. The number of aromatic nitrogens is 3. The van der Waals surface area contributed by atoms with Crippen molar-refractivity contribution in [2.75, 3.05) is 5.73 Å². The minimum absolute atomic E-state index is 0.0678. The number of anilines is 1. The predicted octanol–water partition coefficient (Wildman–Crippen LogP) is 1.84. The fourth-order valence-corrected chi connectivity index (χ4v) is 6.96. The van der Waals surface area contributed by atoms with Crippen LogP contribution in [0.25, 0.3) is 11.2 Å². The number of rotatable bonds is 1. The zero-order valence-electron chi connectivity index (χ0n) is 11.8. The van der Waals surface area contributed by atoms with Crippen LogP contribution in [0, 0.1) is 23.2 Å². The van der Waals surface area contributed by atoms with Crippen LogP contribution in [0.5, 0.6) is 0 Å². The summed E-state index contributed by atoms with van der Waals surface area (Å²) in [5.74, 6) is 3.22. The molecule has 21 heavy (non-hydrogen) atoms. The Morgan fingerprint density at radius 3 is 2.95 bits per heavy atom. The molecule has 2 heterocycles. The number of aromatic amines is 1. The van der Waals surface area contributed by atoms with Crippen molar-refractivity contribution in [1.29, 1.82) is 0 Å². The second kappa shape index (κ2) is 2.89. The van der Waals surface area contributed by atoms with Gasteiger partial charge in [-0.05, 0) is 55.9 Å². The highest BCUT2D eigenvalue weighted by atomic mass is 16.1. The van der Waals surface area contributed by atoms with Crippen LogP contribution in [-0.2, 0) is 5.54 Å². The van der Waals surface area contributed by atoms with Gasteiger partial charge in [0.15, 0.2) is 0 Å². The number of pyridine rings is 1. The van der Waals surface area contributed by atoms with Crippen LogP contribution in [0.2, 0.25) is 0 Å². The Labute approximate surface area is 121 Å². The van der Waals surface area contributed by atoms with Gasteiger partial charge in [-0.3, -0.25) is 9.36 Å². The molecule has 6 rings (SSSR count). The lowest BCUT2D eigenvalue weighted by molar-refractivity contribution is -0.228. The zero-order chi connectivity index (χ0) is 14.0. The van der Waals surface area contributed by atoms with Crippen molar-refractivity contribution in [3.8, 4) is 0 Å². The number of nitrogens with zero attached hydrogens (tertiary/aromatic N) is 2. The molecule has 0 aromatic carbocycles. The minimum atomic E-state index is -0.0678. The monoisotopic (exact) mass is 282 g/mol. The van der Waals surface area contributed by atoms with Crippen LogP contribution >= 0.6 is 0 Å². The molecule has 0 saturated heterocycles. The fourth-order valence-electron chi connectivity index (χ4n) is 6.96. The number of H-pyrrole nitrogens is 1. The zero-order valence-corrected chi connectivity index (χ0v) is 11.8. The molecule has 4 aliphatic rings. The van der Waals surface area contributed by atoms with Gasteiger partial charge < -0.3 is 10.7 Å². The highest BCUT2D eigenvalue weighted by molar-refractivity contribution is 5.74. The molecule has 1 spiro atoms. The number of nitrogen functional groups attached to an aromatic ring is 1. The van der Waals surface area contributed by atoms with E-state index in [9.17, 15) is 4.79 Å². The quantitative estimate of drug-likeness (QED) is 0.838. The maximum Gasteiger partial charge on any atom is 0.249 e. The van der Waals surface area contributed by atoms with Crippen molar-refractivity contribution in [2.45, 2.75) is 37.6 Å². The van der Waals surface area contributed by atoms with Crippen LogP contribution < -0.4 is 11.3 Å². The standard InChI is InChI=1S/C16H18N4O/c17-14-18-11-1-2-12(21)19-13(11)20(14)15-5-8-3-9-4-10(7-15)16(9,15)6-8/h1-2,8-10H,3-7H2,(H2,17,18)(H,19,21). The molecule has 4 saturated carbocycles. The molecule has 2 aromatic rings. The molecule has 5 nitrogen and oxygen atoms in total. The first-order valence-corrected chi connectivity index (χ1v) is 8.02. The van der Waals surface area contributed by atoms with E-state index in [-0.39, 0.29) is 11.1 Å². The lowest BCUT2D eigenvalue weighted by Gasteiger charge is -2.73. The maximum absolute atomic E-state index is 11.8. The van der Waals surface area contributed by atoms with Crippen molar-refractivity contribution >= 4 is 17.1 Å². The van der Waals surface area contributed by atoms with Gasteiger partial charge >= 0.3 is 0 Å². The van der Waals surface area contributed by atoms with Gasteiger partial charge in [0.25, 0.3) is 0 Å². The third kappa shape index (κ3) is 0.894. The SMILES string of the molecule is Nc1nc2ccc(=O)[nH]c2n1C12CC3CC4CC(C1)C42C3. The van der Waals surface area contributed by atoms with Crippen LogP contribution in [0.15, 0.2) is 16.9 Å². The molecule has 2 bridgehead atoms. The van der Waals surface area contributed by atoms with E-state index < -0.39 is 0 Å². The van der Waals surface area contributed by atoms with E-state index in [1.807, 2.05) is 0 Å². The summed E-state index contributed by atoms with van der Waals surface area (Å²) in [6, 6.07) is 3.32. The number of nitrogens with one attached hydrogen (secondary N) is 1. The van der Waals surface area contributed by atoms with Gasteiger partial charge in [-0.15, -0.1) is 0 Å². The smallest absolute Gasteiger partial charge is 0.249 e. The number of hydrogen-bond donors (Lipinski definition) is 2. The lowest BCUT2D eigenvalue weighted by Crippen LogP contribution is -2.71. The first kappa shape index (κ1) is 10.9. The van der Waals surface area contributed by atoms with Crippen molar-refractivity contribution in [1.82, 2.24) is 14.5 Å². The Balaban J connectivity index is 1.67. The molecular weight excluding hydrogens is 264 g/mol. The topological polar surface area (TPSA) is 76.7 Å². The van der Waals surface area contributed by atoms with Crippen LogP contribution in [0.4, 0.5) is 5.95 Å². The van der Waals surface area contributed by atoms with E-state index in [4.69, 9.17) is 5.73 Å². The Morgan fingerprint density at radius 2 is 2.14 bits per heavy atom. The van der Waals surface area contributed by atoms with Crippen LogP contribution in [0.1, 0.15) is 32.1 Å². The molecule has 3 N–H and O–H groups in total. The number of hydrogen-bond acceptors (Lipinski definition) is 3. The summed E-state index contributed by atoms with van der Waals surface area (Å²) in [7, 11) is 0. The Hall–Kier alpha value is -1.78. The molecule has 5 heteroatoms. The largest absolute Gasteiger partial charge is 0.369 e. The third-order valence-corrected chi connectivity index (χ3v) is 7.34. The number of fused-ring (bicyclic) bond motifs is 2. The highest BCUT2D eigenvalue weighted by Crippen LogP contribution is 2.85. The highest BCUT2D eigenvalue weighted by Gasteiger charge is 2.81. The summed E-state index contributed by atoms with van der Waals surface area (Å²) in [6.45, 7) is 0. The van der Waals surface area contributed by atoms with Crippen molar-refractivity contribution in [3.63, 3.8) is 0 Å². The molecule has 0 aliphatic heterocycles. The molecule has 4 aliphatic carbocycles. The van der Waals surface area contributed by atoms with Gasteiger partial charge in [-0.25, -0.2) is 4.98 Å². The predicted molar refractivity (Wildman–Crippen MR) is 78.7 cm³/mol. The van der Waals surface area contributed by atoms with Crippen LogP contribution in [-0.4, -0.2) is 14.5 Å². The molecule has 5 unspecified atom stereocenters. The average Bonchev–Trinajstić information content (AvgIpc) is 3.01. The second-order valence-corrected chi connectivity index (χ2v) is 7.78. The van der Waals surface area contributed by atoms with Gasteiger partial charge in [0, 0.05) is 11.5 Å². The van der Waals surface area contributed by atoms with Crippen LogP contribution in [0.3, 0.4) is 0 Å².